The first-order valence-electron chi connectivity index (χ1n) is 9.05. The first-order valence-corrected chi connectivity index (χ1v) is 11.3. The average Bonchev–Trinajstić information content (AvgIpc) is 3.27. The molecule has 2 fully saturated rings. The first kappa shape index (κ1) is 21.6. The van der Waals surface area contributed by atoms with Crippen molar-refractivity contribution in [2.24, 2.45) is 11.8 Å². The summed E-state index contributed by atoms with van der Waals surface area (Å²) in [5.74, 6) is 1.02. The molecular formula is C17H28ClN3O3S2. The number of nitrogens with one attached hydrogen (secondary N) is 2. The van der Waals surface area contributed by atoms with Gasteiger partial charge in [0.1, 0.15) is 4.21 Å². The highest BCUT2D eigenvalue weighted by atomic mass is 35.5. The van der Waals surface area contributed by atoms with E-state index in [1.54, 1.807) is 16.4 Å². The van der Waals surface area contributed by atoms with Crippen LogP contribution in [0.3, 0.4) is 0 Å². The van der Waals surface area contributed by atoms with E-state index in [0.29, 0.717) is 36.3 Å². The van der Waals surface area contributed by atoms with Crippen LogP contribution in [-0.4, -0.2) is 51.4 Å². The van der Waals surface area contributed by atoms with Crippen molar-refractivity contribution in [2.75, 3.05) is 32.7 Å². The fourth-order valence-corrected chi connectivity index (χ4v) is 6.22. The second-order valence-electron chi connectivity index (χ2n) is 7.11. The van der Waals surface area contributed by atoms with Gasteiger partial charge >= 0.3 is 0 Å². The van der Waals surface area contributed by atoms with Gasteiger partial charge in [0.05, 0.1) is 4.88 Å². The minimum absolute atomic E-state index is 0. The van der Waals surface area contributed by atoms with E-state index in [4.69, 9.17) is 0 Å². The predicted molar refractivity (Wildman–Crippen MR) is 107 cm³/mol. The summed E-state index contributed by atoms with van der Waals surface area (Å²) in [4.78, 5) is 12.7. The highest BCUT2D eigenvalue weighted by Crippen LogP contribution is 2.28. The standard InChI is InChI=1S/C17H27N3O3S2.ClH/c1-13-6-10-20(11-7-13)25(22,23)16-3-2-15(24-16)17(21)19-9-5-14-4-8-18-12-14;/h2-3,13-14,18H,4-12H2,1H3,(H,19,21);1H. The SMILES string of the molecule is CC1CCN(S(=O)(=O)c2ccc(C(=O)NCCC3CCNC3)s2)CC1.Cl. The Kier molecular flexibility index (Phi) is 7.90. The molecule has 6 nitrogen and oxygen atoms in total. The quantitative estimate of drug-likeness (QED) is 0.738. The molecule has 0 aromatic carbocycles. The molecule has 0 radical (unpaired) electrons. The van der Waals surface area contributed by atoms with Crippen LogP contribution in [0.5, 0.6) is 0 Å². The molecule has 0 bridgehead atoms. The van der Waals surface area contributed by atoms with Crippen LogP contribution in [0.15, 0.2) is 16.3 Å². The van der Waals surface area contributed by atoms with Gasteiger partial charge in [-0.3, -0.25) is 4.79 Å². The minimum atomic E-state index is -3.47. The molecule has 1 aromatic heterocycles. The summed E-state index contributed by atoms with van der Waals surface area (Å²) in [5, 5.41) is 6.23. The highest BCUT2D eigenvalue weighted by Gasteiger charge is 2.29. The molecule has 0 spiro atoms. The molecule has 1 amide bonds. The van der Waals surface area contributed by atoms with Gasteiger partial charge in [-0.15, -0.1) is 23.7 Å². The van der Waals surface area contributed by atoms with Crippen LogP contribution in [0.25, 0.3) is 0 Å². The molecule has 0 saturated carbocycles. The molecular weight excluding hydrogens is 394 g/mol. The van der Waals surface area contributed by atoms with Gasteiger partial charge in [-0.2, -0.15) is 4.31 Å². The maximum Gasteiger partial charge on any atom is 0.261 e. The molecule has 9 heteroatoms. The lowest BCUT2D eigenvalue weighted by atomic mass is 10.0. The van der Waals surface area contributed by atoms with Crippen LogP contribution < -0.4 is 10.6 Å². The van der Waals surface area contributed by atoms with Crippen molar-refractivity contribution in [3.63, 3.8) is 0 Å². The summed E-state index contributed by atoms with van der Waals surface area (Å²) < 4.78 is 27.3. The summed E-state index contributed by atoms with van der Waals surface area (Å²) in [6.45, 7) is 6.00. The van der Waals surface area contributed by atoms with Gasteiger partial charge in [-0.1, -0.05) is 6.92 Å². The lowest BCUT2D eigenvalue weighted by Crippen LogP contribution is -2.37. The van der Waals surface area contributed by atoms with Gasteiger partial charge in [0.15, 0.2) is 0 Å². The van der Waals surface area contributed by atoms with Crippen LogP contribution in [0.1, 0.15) is 42.3 Å². The molecule has 2 N–H and O–H groups in total. The molecule has 2 aliphatic rings. The Morgan fingerprint density at radius 2 is 2.04 bits per heavy atom. The van der Waals surface area contributed by atoms with Crippen molar-refractivity contribution >= 4 is 39.7 Å². The topological polar surface area (TPSA) is 78.5 Å². The van der Waals surface area contributed by atoms with Crippen LogP contribution in [-0.2, 0) is 10.0 Å². The number of piperidine rings is 1. The number of amides is 1. The number of carbonyl (C=O) groups is 1. The summed E-state index contributed by atoms with van der Waals surface area (Å²) in [5.41, 5.74) is 0. The second kappa shape index (κ2) is 9.50. The van der Waals surface area contributed by atoms with Gasteiger partial charge in [-0.05, 0) is 62.7 Å². The van der Waals surface area contributed by atoms with Crippen molar-refractivity contribution < 1.29 is 13.2 Å². The van der Waals surface area contributed by atoms with E-state index in [1.807, 2.05) is 0 Å². The number of sulfonamides is 1. The van der Waals surface area contributed by atoms with E-state index < -0.39 is 10.0 Å². The number of hydrogen-bond donors (Lipinski definition) is 2. The molecule has 3 heterocycles. The van der Waals surface area contributed by atoms with Crippen molar-refractivity contribution in [3.05, 3.63) is 17.0 Å². The number of hydrogen-bond acceptors (Lipinski definition) is 5. The fourth-order valence-electron chi connectivity index (χ4n) is 3.37. The molecule has 1 aromatic rings. The number of thiophene rings is 1. The molecule has 0 aliphatic carbocycles. The molecule has 2 saturated heterocycles. The van der Waals surface area contributed by atoms with Crippen molar-refractivity contribution in [2.45, 2.75) is 36.8 Å². The van der Waals surface area contributed by atoms with Crippen LogP contribution in [0.2, 0.25) is 0 Å². The molecule has 148 valence electrons. The molecule has 1 unspecified atom stereocenters. The van der Waals surface area contributed by atoms with Crippen LogP contribution in [0, 0.1) is 11.8 Å². The van der Waals surface area contributed by atoms with Crippen molar-refractivity contribution in [1.82, 2.24) is 14.9 Å². The number of nitrogens with zero attached hydrogens (tertiary/aromatic N) is 1. The Hall–Kier alpha value is -0.670. The van der Waals surface area contributed by atoms with Crippen molar-refractivity contribution in [3.8, 4) is 0 Å². The molecule has 26 heavy (non-hydrogen) atoms. The number of carbonyl (C=O) groups excluding carboxylic acids is 1. The second-order valence-corrected chi connectivity index (χ2v) is 10.4. The predicted octanol–water partition coefficient (Wildman–Crippen LogP) is 2.32. The molecule has 2 aliphatic heterocycles. The summed E-state index contributed by atoms with van der Waals surface area (Å²) in [7, 11) is -3.47. The van der Waals surface area contributed by atoms with E-state index >= 15 is 0 Å². The zero-order chi connectivity index (χ0) is 17.9. The lowest BCUT2D eigenvalue weighted by Gasteiger charge is -2.28. The van der Waals surface area contributed by atoms with Gasteiger partial charge < -0.3 is 10.6 Å². The normalized spacial score (nSPS) is 22.1. The minimum Gasteiger partial charge on any atom is -0.351 e. The van der Waals surface area contributed by atoms with E-state index in [2.05, 4.69) is 17.6 Å². The molecule has 1 atom stereocenters. The largest absolute Gasteiger partial charge is 0.351 e. The van der Waals surface area contributed by atoms with Crippen LogP contribution in [0.4, 0.5) is 0 Å². The van der Waals surface area contributed by atoms with Gasteiger partial charge in [0.2, 0.25) is 0 Å². The first-order chi connectivity index (χ1) is 12.0. The third kappa shape index (κ3) is 5.19. The molecule has 3 rings (SSSR count). The zero-order valence-electron chi connectivity index (χ0n) is 15.1. The Morgan fingerprint density at radius 3 is 2.69 bits per heavy atom. The highest BCUT2D eigenvalue weighted by molar-refractivity contribution is 7.91. The Morgan fingerprint density at radius 1 is 1.31 bits per heavy atom. The zero-order valence-corrected chi connectivity index (χ0v) is 17.5. The van der Waals surface area contributed by atoms with Crippen LogP contribution >= 0.6 is 23.7 Å². The third-order valence-corrected chi connectivity index (χ3v) is 8.59. The van der Waals surface area contributed by atoms with E-state index in [0.717, 1.165) is 50.1 Å². The maximum absolute atomic E-state index is 12.7. The third-order valence-electron chi connectivity index (χ3n) is 5.14. The van der Waals surface area contributed by atoms with Gasteiger partial charge in [0.25, 0.3) is 15.9 Å². The number of halogens is 1. The van der Waals surface area contributed by atoms with E-state index in [1.165, 1.54) is 0 Å². The Labute approximate surface area is 166 Å². The van der Waals surface area contributed by atoms with Crippen molar-refractivity contribution in [1.29, 1.82) is 0 Å². The summed E-state index contributed by atoms with van der Waals surface area (Å²) in [6.07, 6.45) is 3.91. The summed E-state index contributed by atoms with van der Waals surface area (Å²) >= 11 is 1.07. The van der Waals surface area contributed by atoms with Gasteiger partial charge in [-0.25, -0.2) is 8.42 Å². The smallest absolute Gasteiger partial charge is 0.261 e. The summed E-state index contributed by atoms with van der Waals surface area (Å²) in [6, 6.07) is 3.18. The monoisotopic (exact) mass is 421 g/mol. The van der Waals surface area contributed by atoms with E-state index in [-0.39, 0.29) is 22.5 Å². The van der Waals surface area contributed by atoms with E-state index in [9.17, 15) is 13.2 Å². The average molecular weight is 422 g/mol. The maximum atomic E-state index is 12.7. The Bertz CT molecular complexity index is 694. The number of rotatable bonds is 6. The van der Waals surface area contributed by atoms with Gasteiger partial charge in [0, 0.05) is 19.6 Å². The fraction of sp³-hybridized carbons (Fsp3) is 0.706. The Balaban J connectivity index is 0.00000243. The lowest BCUT2D eigenvalue weighted by molar-refractivity contribution is 0.0955.